The van der Waals surface area contributed by atoms with Crippen LogP contribution in [-0.4, -0.2) is 18.5 Å². The van der Waals surface area contributed by atoms with Crippen molar-refractivity contribution in [3.05, 3.63) is 29.3 Å². The third kappa shape index (κ3) is 2.09. The number of aliphatic imine (C=N–C) groups is 1. The minimum absolute atomic E-state index is 0.0345. The average Bonchev–Trinajstić information content (AvgIpc) is 2.81. The molecule has 4 N–H and O–H groups in total. The Hall–Kier alpha value is -2.20. The Morgan fingerprint density at radius 1 is 1.39 bits per heavy atom. The van der Waals surface area contributed by atoms with Crippen LogP contribution in [-0.2, 0) is 10.3 Å². The fourth-order valence-electron chi connectivity index (χ4n) is 3.57. The zero-order valence-electron chi connectivity index (χ0n) is 12.9. The molecular weight excluding hydrogens is 302 g/mol. The number of nitrogen functional groups attached to an aromatic ring is 1. The molecular formula is C16H18F2N4O. The van der Waals surface area contributed by atoms with Crippen LogP contribution in [0.15, 0.2) is 17.1 Å². The number of halogens is 2. The smallest absolute Gasteiger partial charge is 0.164 e. The largest absolute Gasteiger partial charge is 0.399 e. The first-order chi connectivity index (χ1) is 10.7. The van der Waals surface area contributed by atoms with Crippen molar-refractivity contribution < 1.29 is 13.5 Å². The van der Waals surface area contributed by atoms with E-state index in [0.717, 1.165) is 6.07 Å². The third-order valence-corrected chi connectivity index (χ3v) is 5.02. The van der Waals surface area contributed by atoms with Gasteiger partial charge in [-0.2, -0.15) is 5.26 Å². The van der Waals surface area contributed by atoms with Crippen molar-refractivity contribution in [3.8, 4) is 6.07 Å². The van der Waals surface area contributed by atoms with E-state index in [1.165, 1.54) is 6.07 Å². The number of benzene rings is 1. The SMILES string of the molecule is C[C@H]1OC[C@]2(c3cc(N)cc(F)c3F)N=C(N)[C@](C)(C#N)C[C@H]12. The number of amidine groups is 1. The van der Waals surface area contributed by atoms with Gasteiger partial charge in [0.2, 0.25) is 0 Å². The first-order valence-electron chi connectivity index (χ1n) is 7.37. The molecule has 0 saturated carbocycles. The number of anilines is 1. The lowest BCUT2D eigenvalue weighted by molar-refractivity contribution is 0.0996. The van der Waals surface area contributed by atoms with E-state index in [1.54, 1.807) is 6.92 Å². The van der Waals surface area contributed by atoms with Gasteiger partial charge in [0.05, 0.1) is 18.8 Å². The van der Waals surface area contributed by atoms with Gasteiger partial charge in [0.15, 0.2) is 11.6 Å². The van der Waals surface area contributed by atoms with Crippen molar-refractivity contribution in [1.82, 2.24) is 0 Å². The minimum Gasteiger partial charge on any atom is -0.399 e. The third-order valence-electron chi connectivity index (χ3n) is 5.02. The Bertz CT molecular complexity index is 744. The molecule has 2 aliphatic heterocycles. The van der Waals surface area contributed by atoms with E-state index in [9.17, 15) is 14.0 Å². The zero-order valence-corrected chi connectivity index (χ0v) is 12.9. The second-order valence-electron chi connectivity index (χ2n) is 6.56. The Balaban J connectivity index is 2.26. The molecule has 0 radical (unpaired) electrons. The van der Waals surface area contributed by atoms with Gasteiger partial charge < -0.3 is 16.2 Å². The Morgan fingerprint density at radius 3 is 2.74 bits per heavy atom. The number of hydrogen-bond donors (Lipinski definition) is 2. The van der Waals surface area contributed by atoms with Crippen molar-refractivity contribution in [2.45, 2.75) is 31.9 Å². The quantitative estimate of drug-likeness (QED) is 0.774. The number of nitrogens with zero attached hydrogens (tertiary/aromatic N) is 2. The van der Waals surface area contributed by atoms with E-state index in [2.05, 4.69) is 11.1 Å². The molecule has 1 saturated heterocycles. The summed E-state index contributed by atoms with van der Waals surface area (Å²) in [6, 6.07) is 4.47. The normalized spacial score (nSPS) is 36.2. The first-order valence-corrected chi connectivity index (χ1v) is 7.37. The van der Waals surface area contributed by atoms with Gasteiger partial charge >= 0.3 is 0 Å². The van der Waals surface area contributed by atoms with E-state index in [0.29, 0.717) is 6.42 Å². The van der Waals surface area contributed by atoms with Crippen LogP contribution in [0.2, 0.25) is 0 Å². The van der Waals surface area contributed by atoms with Crippen molar-refractivity contribution in [3.63, 3.8) is 0 Å². The molecule has 0 amide bonds. The van der Waals surface area contributed by atoms with Crippen LogP contribution in [0.4, 0.5) is 14.5 Å². The van der Waals surface area contributed by atoms with Crippen molar-refractivity contribution in [2.24, 2.45) is 22.1 Å². The maximum atomic E-state index is 14.5. The van der Waals surface area contributed by atoms with Crippen LogP contribution in [0.1, 0.15) is 25.8 Å². The molecule has 122 valence electrons. The van der Waals surface area contributed by atoms with Crippen molar-refractivity contribution in [2.75, 3.05) is 12.3 Å². The highest BCUT2D eigenvalue weighted by Crippen LogP contribution is 2.52. The van der Waals surface area contributed by atoms with E-state index in [4.69, 9.17) is 16.2 Å². The number of rotatable bonds is 1. The van der Waals surface area contributed by atoms with Crippen LogP contribution >= 0.6 is 0 Å². The van der Waals surface area contributed by atoms with Crippen LogP contribution in [0.25, 0.3) is 0 Å². The maximum absolute atomic E-state index is 14.5. The maximum Gasteiger partial charge on any atom is 0.164 e. The summed E-state index contributed by atoms with van der Waals surface area (Å²) < 4.78 is 34.0. The molecule has 4 atom stereocenters. The summed E-state index contributed by atoms with van der Waals surface area (Å²) in [5.41, 5.74) is 9.72. The van der Waals surface area contributed by atoms with E-state index >= 15 is 0 Å². The second kappa shape index (κ2) is 4.90. The Morgan fingerprint density at radius 2 is 2.09 bits per heavy atom. The van der Waals surface area contributed by atoms with E-state index < -0.39 is 22.6 Å². The predicted molar refractivity (Wildman–Crippen MR) is 81.3 cm³/mol. The first kappa shape index (κ1) is 15.7. The molecule has 7 heteroatoms. The molecule has 5 nitrogen and oxygen atoms in total. The van der Waals surface area contributed by atoms with Gasteiger partial charge in [-0.1, -0.05) is 0 Å². The van der Waals surface area contributed by atoms with Gasteiger partial charge in [-0.25, -0.2) is 8.78 Å². The highest BCUT2D eigenvalue weighted by molar-refractivity contribution is 5.90. The van der Waals surface area contributed by atoms with Crippen LogP contribution in [0, 0.1) is 34.3 Å². The fourth-order valence-corrected chi connectivity index (χ4v) is 3.57. The zero-order chi connectivity index (χ0) is 17.0. The minimum atomic E-state index is -1.15. The summed E-state index contributed by atoms with van der Waals surface area (Å²) in [7, 11) is 0. The van der Waals surface area contributed by atoms with Gasteiger partial charge in [-0.05, 0) is 32.4 Å². The van der Waals surface area contributed by atoms with Gasteiger partial charge in [-0.15, -0.1) is 0 Å². The average molecular weight is 320 g/mol. The molecule has 1 aromatic rings. The van der Waals surface area contributed by atoms with E-state index in [1.807, 2.05) is 6.92 Å². The molecule has 2 aliphatic rings. The summed E-state index contributed by atoms with van der Waals surface area (Å²) in [4.78, 5) is 4.45. The lowest BCUT2D eigenvalue weighted by Gasteiger charge is -2.41. The number of ether oxygens (including phenoxy) is 1. The molecule has 1 fully saturated rings. The van der Waals surface area contributed by atoms with E-state index in [-0.39, 0.29) is 35.7 Å². The second-order valence-corrected chi connectivity index (χ2v) is 6.56. The summed E-state index contributed by atoms with van der Waals surface area (Å²) >= 11 is 0. The topological polar surface area (TPSA) is 97.4 Å². The molecule has 3 rings (SSSR count). The highest BCUT2D eigenvalue weighted by Gasteiger charge is 2.57. The number of hydrogen-bond acceptors (Lipinski definition) is 5. The number of nitrogens with two attached hydrogens (primary N) is 2. The lowest BCUT2D eigenvalue weighted by atomic mass is 9.67. The molecule has 0 aromatic heterocycles. The Kier molecular flexibility index (Phi) is 3.34. The highest BCUT2D eigenvalue weighted by atomic mass is 19.2. The van der Waals surface area contributed by atoms with Gasteiger partial charge in [0, 0.05) is 17.2 Å². The molecule has 0 aliphatic carbocycles. The monoisotopic (exact) mass is 320 g/mol. The van der Waals surface area contributed by atoms with Crippen LogP contribution < -0.4 is 11.5 Å². The molecule has 0 bridgehead atoms. The lowest BCUT2D eigenvalue weighted by Crippen LogP contribution is -2.49. The molecule has 0 unspecified atom stereocenters. The molecule has 0 spiro atoms. The molecule has 2 heterocycles. The summed E-state index contributed by atoms with van der Waals surface area (Å²) in [5.74, 6) is -2.22. The molecule has 1 aromatic carbocycles. The number of fused-ring (bicyclic) bond motifs is 1. The summed E-state index contributed by atoms with van der Waals surface area (Å²) in [6.07, 6.45) is 0.0963. The molecule has 23 heavy (non-hydrogen) atoms. The summed E-state index contributed by atoms with van der Waals surface area (Å²) in [6.45, 7) is 3.60. The Labute approximate surface area is 132 Å². The summed E-state index contributed by atoms with van der Waals surface area (Å²) in [5, 5.41) is 9.42. The van der Waals surface area contributed by atoms with Crippen molar-refractivity contribution >= 4 is 11.5 Å². The van der Waals surface area contributed by atoms with Gasteiger partial charge in [0.1, 0.15) is 16.8 Å². The van der Waals surface area contributed by atoms with Crippen LogP contribution in [0.5, 0.6) is 0 Å². The number of nitriles is 1. The van der Waals surface area contributed by atoms with Gasteiger partial charge in [0.25, 0.3) is 0 Å². The van der Waals surface area contributed by atoms with Gasteiger partial charge in [-0.3, -0.25) is 4.99 Å². The van der Waals surface area contributed by atoms with Crippen LogP contribution in [0.3, 0.4) is 0 Å². The fraction of sp³-hybridized carbons (Fsp3) is 0.500. The van der Waals surface area contributed by atoms with Crippen molar-refractivity contribution in [1.29, 1.82) is 5.26 Å². The standard InChI is InChI=1S/C16H18F2N4O/c1-8-11-5-15(2,6-19)14(21)22-16(11,7-23-8)10-3-9(20)4-12(17)13(10)18/h3-4,8,11H,5,7,20H2,1-2H3,(H2,21,22)/t8-,11-,15+,16-/m1/s1. The predicted octanol–water partition coefficient (Wildman–Crippen LogP) is 2.07.